The van der Waals surface area contributed by atoms with Crippen LogP contribution in [0.15, 0.2) is 77.8 Å². The van der Waals surface area contributed by atoms with Crippen LogP contribution in [-0.4, -0.2) is 30.4 Å². The molecule has 2 aromatic carbocycles. The van der Waals surface area contributed by atoms with Crippen molar-refractivity contribution >= 4 is 21.9 Å². The Balaban J connectivity index is 1.74. The minimum atomic E-state index is -4.15. The first-order valence-electron chi connectivity index (χ1n) is 7.94. The van der Waals surface area contributed by atoms with Crippen LogP contribution in [-0.2, 0) is 10.0 Å². The number of ether oxygens (including phenoxy) is 1. The van der Waals surface area contributed by atoms with Gasteiger partial charge in [0.2, 0.25) is 0 Å². The van der Waals surface area contributed by atoms with Crippen LogP contribution in [0.1, 0.15) is 20.8 Å². The molecule has 3 rings (SSSR count). The maximum Gasteiger partial charge on any atom is 0.354 e. The fourth-order valence-corrected chi connectivity index (χ4v) is 3.21. The van der Waals surface area contributed by atoms with E-state index < -0.39 is 21.9 Å². The van der Waals surface area contributed by atoms with Gasteiger partial charge in [0.05, 0.1) is 4.90 Å². The fourth-order valence-electron chi connectivity index (χ4n) is 2.24. The summed E-state index contributed by atoms with van der Waals surface area (Å²) in [4.78, 5) is 26.5. The molecule has 0 spiro atoms. The third-order valence-electron chi connectivity index (χ3n) is 3.58. The van der Waals surface area contributed by atoms with Crippen molar-refractivity contribution in [1.82, 2.24) is 9.71 Å². The van der Waals surface area contributed by atoms with E-state index in [9.17, 15) is 18.0 Å². The molecular weight excluding hydrogens is 384 g/mol. The van der Waals surface area contributed by atoms with Crippen LogP contribution in [0.4, 0.5) is 0 Å². The van der Waals surface area contributed by atoms with Gasteiger partial charge in [-0.2, -0.15) is 0 Å². The molecule has 0 bridgehead atoms. The number of aromatic nitrogens is 1. The van der Waals surface area contributed by atoms with E-state index >= 15 is 0 Å². The number of rotatable bonds is 6. The summed E-state index contributed by atoms with van der Waals surface area (Å²) >= 11 is 0. The molecule has 0 aliphatic rings. The molecule has 0 fully saturated rings. The molecule has 0 unspecified atom stereocenters. The number of carbonyl (C=O) groups excluding carboxylic acids is 1. The Morgan fingerprint density at radius 3 is 2.21 bits per heavy atom. The summed E-state index contributed by atoms with van der Waals surface area (Å²) in [5, 5.41) is 8.91. The van der Waals surface area contributed by atoms with Crippen LogP contribution in [0.5, 0.6) is 11.5 Å². The molecular formula is C19H14N2O6S. The lowest BCUT2D eigenvalue weighted by Gasteiger charge is -2.09. The van der Waals surface area contributed by atoms with Crippen LogP contribution in [0.3, 0.4) is 0 Å². The zero-order valence-electron chi connectivity index (χ0n) is 14.3. The third-order valence-corrected chi connectivity index (χ3v) is 4.93. The van der Waals surface area contributed by atoms with E-state index in [-0.39, 0.29) is 16.2 Å². The van der Waals surface area contributed by atoms with E-state index in [2.05, 4.69) is 4.98 Å². The number of pyridine rings is 1. The smallest absolute Gasteiger partial charge is 0.354 e. The van der Waals surface area contributed by atoms with Crippen molar-refractivity contribution in [1.29, 1.82) is 0 Å². The van der Waals surface area contributed by atoms with Crippen molar-refractivity contribution in [3.8, 4) is 11.5 Å². The molecule has 9 heteroatoms. The zero-order chi connectivity index (χ0) is 20.1. The number of hydrogen-bond acceptors (Lipinski definition) is 6. The van der Waals surface area contributed by atoms with Gasteiger partial charge in [-0.25, -0.2) is 22.9 Å². The van der Waals surface area contributed by atoms with Gasteiger partial charge in [-0.05, 0) is 48.5 Å². The summed E-state index contributed by atoms with van der Waals surface area (Å²) in [6.45, 7) is 0. The van der Waals surface area contributed by atoms with Gasteiger partial charge in [0.25, 0.3) is 15.9 Å². The predicted octanol–water partition coefficient (Wildman–Crippen LogP) is 2.69. The Hall–Kier alpha value is -3.72. The number of nitrogens with zero attached hydrogens (tertiary/aromatic N) is 1. The normalized spacial score (nSPS) is 10.9. The molecule has 0 saturated carbocycles. The minimum Gasteiger partial charge on any atom is -0.477 e. The van der Waals surface area contributed by atoms with Crippen molar-refractivity contribution in [2.75, 3.05) is 0 Å². The Morgan fingerprint density at radius 2 is 1.57 bits per heavy atom. The molecule has 0 aliphatic heterocycles. The second-order valence-corrected chi connectivity index (χ2v) is 7.24. The number of carboxylic acid groups (broad SMARTS) is 1. The Bertz CT molecular complexity index is 1110. The summed E-state index contributed by atoms with van der Waals surface area (Å²) < 4.78 is 32.3. The molecule has 1 amide bonds. The summed E-state index contributed by atoms with van der Waals surface area (Å²) in [7, 11) is -4.15. The molecule has 1 aromatic heterocycles. The van der Waals surface area contributed by atoms with E-state index in [1.165, 1.54) is 30.3 Å². The monoisotopic (exact) mass is 398 g/mol. The number of sulfonamides is 1. The van der Waals surface area contributed by atoms with Crippen LogP contribution < -0.4 is 9.46 Å². The maximum atomic E-state index is 12.4. The quantitative estimate of drug-likeness (QED) is 0.654. The summed E-state index contributed by atoms with van der Waals surface area (Å²) in [6.07, 6.45) is 1.11. The number of benzene rings is 2. The van der Waals surface area contributed by atoms with Crippen molar-refractivity contribution in [2.45, 2.75) is 4.90 Å². The summed E-state index contributed by atoms with van der Waals surface area (Å²) in [5.74, 6) is -1.27. The first-order valence-corrected chi connectivity index (χ1v) is 9.43. The van der Waals surface area contributed by atoms with Crippen molar-refractivity contribution in [2.24, 2.45) is 0 Å². The second-order valence-electron chi connectivity index (χ2n) is 5.56. The van der Waals surface area contributed by atoms with E-state index in [0.717, 1.165) is 12.3 Å². The lowest BCUT2D eigenvalue weighted by Crippen LogP contribution is -2.30. The van der Waals surface area contributed by atoms with Crippen LogP contribution in [0.2, 0.25) is 0 Å². The van der Waals surface area contributed by atoms with Gasteiger partial charge in [-0.1, -0.05) is 18.2 Å². The number of amides is 1. The first-order chi connectivity index (χ1) is 13.3. The zero-order valence-corrected chi connectivity index (χ0v) is 15.1. The third kappa shape index (κ3) is 4.51. The van der Waals surface area contributed by atoms with Gasteiger partial charge in [0.15, 0.2) is 0 Å². The standard InChI is InChI=1S/C19H14N2O6S/c22-18(13-10-11-20-17(12-13)19(23)24)21-28(25,26)16-8-6-15(7-9-16)27-14-4-2-1-3-5-14/h1-12H,(H,21,22)(H,23,24). The maximum absolute atomic E-state index is 12.4. The Morgan fingerprint density at radius 1 is 0.929 bits per heavy atom. The van der Waals surface area contributed by atoms with Gasteiger partial charge >= 0.3 is 5.97 Å². The highest BCUT2D eigenvalue weighted by Gasteiger charge is 2.20. The highest BCUT2D eigenvalue weighted by Crippen LogP contribution is 2.22. The number of hydrogen-bond donors (Lipinski definition) is 2. The molecule has 142 valence electrons. The molecule has 0 radical (unpaired) electrons. The number of para-hydroxylation sites is 1. The molecule has 3 aromatic rings. The number of nitrogens with one attached hydrogen (secondary N) is 1. The van der Waals surface area contributed by atoms with Gasteiger partial charge in [0, 0.05) is 11.8 Å². The van der Waals surface area contributed by atoms with Gasteiger partial charge in [-0.3, -0.25) is 4.79 Å². The molecule has 0 atom stereocenters. The number of carboxylic acids is 1. The first kappa shape index (κ1) is 19.1. The molecule has 28 heavy (non-hydrogen) atoms. The predicted molar refractivity (Wildman–Crippen MR) is 98.8 cm³/mol. The van der Waals surface area contributed by atoms with Crippen LogP contribution >= 0.6 is 0 Å². The largest absolute Gasteiger partial charge is 0.477 e. The lowest BCUT2D eigenvalue weighted by molar-refractivity contribution is 0.0690. The fraction of sp³-hybridized carbons (Fsp3) is 0. The average Bonchev–Trinajstić information content (AvgIpc) is 2.69. The Kier molecular flexibility index (Phi) is 5.37. The number of carbonyl (C=O) groups is 2. The SMILES string of the molecule is O=C(NS(=O)(=O)c1ccc(Oc2ccccc2)cc1)c1ccnc(C(=O)O)c1. The molecule has 0 aliphatic carbocycles. The van der Waals surface area contributed by atoms with Crippen molar-refractivity contribution in [3.05, 3.63) is 84.2 Å². The van der Waals surface area contributed by atoms with E-state index in [0.29, 0.717) is 11.5 Å². The summed E-state index contributed by atoms with van der Waals surface area (Å²) in [5.41, 5.74) is -0.507. The molecule has 2 N–H and O–H groups in total. The van der Waals surface area contributed by atoms with Gasteiger partial charge in [-0.15, -0.1) is 0 Å². The van der Waals surface area contributed by atoms with Crippen LogP contribution in [0, 0.1) is 0 Å². The van der Waals surface area contributed by atoms with E-state index in [1.54, 1.807) is 24.3 Å². The lowest BCUT2D eigenvalue weighted by atomic mass is 10.2. The number of aromatic carboxylic acids is 1. The van der Waals surface area contributed by atoms with Crippen LogP contribution in [0.25, 0.3) is 0 Å². The molecule has 0 saturated heterocycles. The minimum absolute atomic E-state index is 0.139. The Labute approximate surface area is 160 Å². The van der Waals surface area contributed by atoms with E-state index in [4.69, 9.17) is 9.84 Å². The van der Waals surface area contributed by atoms with Gasteiger partial charge in [0.1, 0.15) is 17.2 Å². The van der Waals surface area contributed by atoms with Gasteiger partial charge < -0.3 is 9.84 Å². The second kappa shape index (κ2) is 7.89. The molecule has 1 heterocycles. The highest BCUT2D eigenvalue weighted by molar-refractivity contribution is 7.90. The van der Waals surface area contributed by atoms with Crippen molar-refractivity contribution < 1.29 is 27.9 Å². The van der Waals surface area contributed by atoms with Crippen molar-refractivity contribution in [3.63, 3.8) is 0 Å². The summed E-state index contributed by atoms with van der Waals surface area (Å²) in [6, 6.07) is 16.7. The molecule has 8 nitrogen and oxygen atoms in total. The average molecular weight is 398 g/mol. The topological polar surface area (TPSA) is 123 Å². The highest BCUT2D eigenvalue weighted by atomic mass is 32.2. The van der Waals surface area contributed by atoms with E-state index in [1.807, 2.05) is 10.8 Å².